The first kappa shape index (κ1) is 18.4. The van der Waals surface area contributed by atoms with Crippen molar-refractivity contribution in [3.05, 3.63) is 23.8 Å². The summed E-state index contributed by atoms with van der Waals surface area (Å²) in [6, 6.07) is 5.15. The van der Waals surface area contributed by atoms with Crippen LogP contribution in [-0.4, -0.2) is 56.8 Å². The molecule has 2 aliphatic heterocycles. The number of rotatable bonds is 4. The maximum Gasteiger partial charge on any atom is 0.243 e. The fourth-order valence-corrected chi connectivity index (χ4v) is 5.42. The summed E-state index contributed by atoms with van der Waals surface area (Å²) in [4.78, 5) is 15.0. The Labute approximate surface area is 150 Å². The third kappa shape index (κ3) is 4.04. The number of nitrogens with one attached hydrogen (secondary N) is 1. The maximum absolute atomic E-state index is 12.8. The topological polar surface area (TPSA) is 69.7 Å². The summed E-state index contributed by atoms with van der Waals surface area (Å²) in [5.41, 5.74) is 1.27. The standard InChI is InChI=1S/C18H27N3O3S/c1-14-7-8-16(19-18(22)15-6-5-9-20(2)13-15)12-17(14)25(23,24)21-10-3-4-11-21/h7-8,12,15H,3-6,9-11,13H2,1-2H3,(H,19,22). The van der Waals surface area contributed by atoms with Crippen LogP contribution < -0.4 is 5.32 Å². The van der Waals surface area contributed by atoms with Crippen molar-refractivity contribution in [3.8, 4) is 0 Å². The Bertz CT molecular complexity index is 742. The van der Waals surface area contributed by atoms with Crippen molar-refractivity contribution in [2.75, 3.05) is 38.5 Å². The summed E-state index contributed by atoms with van der Waals surface area (Å²) in [5.74, 6) is -0.0707. The van der Waals surface area contributed by atoms with E-state index in [0.717, 1.165) is 38.8 Å². The van der Waals surface area contributed by atoms with Gasteiger partial charge in [0.15, 0.2) is 0 Å². The first-order valence-corrected chi connectivity index (χ1v) is 10.4. The van der Waals surface area contributed by atoms with Gasteiger partial charge >= 0.3 is 0 Å². The zero-order valence-electron chi connectivity index (χ0n) is 15.0. The summed E-state index contributed by atoms with van der Waals surface area (Å²) in [5, 5.41) is 2.91. The minimum Gasteiger partial charge on any atom is -0.326 e. The molecule has 0 spiro atoms. The van der Waals surface area contributed by atoms with Crippen molar-refractivity contribution in [1.29, 1.82) is 0 Å². The van der Waals surface area contributed by atoms with Gasteiger partial charge in [0, 0.05) is 25.3 Å². The smallest absolute Gasteiger partial charge is 0.243 e. The second kappa shape index (κ2) is 7.43. The molecule has 2 fully saturated rings. The lowest BCUT2D eigenvalue weighted by molar-refractivity contribution is -0.121. The first-order chi connectivity index (χ1) is 11.9. The Morgan fingerprint density at radius 2 is 1.88 bits per heavy atom. The summed E-state index contributed by atoms with van der Waals surface area (Å²) in [6.07, 6.45) is 3.70. The molecule has 2 saturated heterocycles. The number of piperidine rings is 1. The number of anilines is 1. The molecular formula is C18H27N3O3S. The van der Waals surface area contributed by atoms with Gasteiger partial charge in [-0.1, -0.05) is 6.07 Å². The highest BCUT2D eigenvalue weighted by molar-refractivity contribution is 7.89. The first-order valence-electron chi connectivity index (χ1n) is 8.98. The molecule has 7 heteroatoms. The lowest BCUT2D eigenvalue weighted by Crippen LogP contribution is -2.38. The molecule has 2 heterocycles. The van der Waals surface area contributed by atoms with E-state index < -0.39 is 10.0 Å². The number of hydrogen-bond acceptors (Lipinski definition) is 4. The lowest BCUT2D eigenvalue weighted by atomic mass is 9.97. The van der Waals surface area contributed by atoms with Crippen LogP contribution in [0.1, 0.15) is 31.2 Å². The number of amides is 1. The van der Waals surface area contributed by atoms with Crippen LogP contribution in [-0.2, 0) is 14.8 Å². The fourth-order valence-electron chi connectivity index (χ4n) is 3.65. The number of benzene rings is 1. The van der Waals surface area contributed by atoms with E-state index >= 15 is 0 Å². The number of nitrogens with zero attached hydrogens (tertiary/aromatic N) is 2. The molecule has 2 aliphatic rings. The highest BCUT2D eigenvalue weighted by Gasteiger charge is 2.29. The average Bonchev–Trinajstić information content (AvgIpc) is 3.12. The average molecular weight is 365 g/mol. The van der Waals surface area contributed by atoms with Gasteiger partial charge in [-0.05, 0) is 63.9 Å². The van der Waals surface area contributed by atoms with Gasteiger partial charge in [0.25, 0.3) is 0 Å². The molecule has 1 N–H and O–H groups in total. The Morgan fingerprint density at radius 3 is 2.56 bits per heavy atom. The molecule has 0 aliphatic carbocycles. The molecule has 1 amide bonds. The van der Waals surface area contributed by atoms with Crippen LogP contribution in [0.15, 0.2) is 23.1 Å². The zero-order valence-corrected chi connectivity index (χ0v) is 15.8. The second-order valence-corrected chi connectivity index (χ2v) is 9.09. The van der Waals surface area contributed by atoms with Gasteiger partial charge in [-0.15, -0.1) is 0 Å². The van der Waals surface area contributed by atoms with E-state index in [1.54, 1.807) is 25.1 Å². The Hall–Kier alpha value is -1.44. The van der Waals surface area contributed by atoms with Gasteiger partial charge < -0.3 is 10.2 Å². The SMILES string of the molecule is Cc1ccc(NC(=O)C2CCCN(C)C2)cc1S(=O)(=O)N1CCCC1. The molecule has 0 saturated carbocycles. The number of aryl methyl sites for hydroxylation is 1. The quantitative estimate of drug-likeness (QED) is 0.887. The van der Waals surface area contributed by atoms with E-state index in [-0.39, 0.29) is 11.8 Å². The van der Waals surface area contributed by atoms with E-state index in [1.165, 1.54) is 4.31 Å². The summed E-state index contributed by atoms with van der Waals surface area (Å²) >= 11 is 0. The van der Waals surface area contributed by atoms with Crippen LogP contribution in [0.4, 0.5) is 5.69 Å². The Morgan fingerprint density at radius 1 is 1.16 bits per heavy atom. The second-order valence-electron chi connectivity index (χ2n) is 7.18. The molecule has 3 rings (SSSR count). The molecule has 6 nitrogen and oxygen atoms in total. The summed E-state index contributed by atoms with van der Waals surface area (Å²) < 4.78 is 27.2. The van der Waals surface area contributed by atoms with Crippen LogP contribution in [0.5, 0.6) is 0 Å². The van der Waals surface area contributed by atoms with Crippen molar-refractivity contribution in [2.45, 2.75) is 37.5 Å². The highest BCUT2D eigenvalue weighted by atomic mass is 32.2. The van der Waals surface area contributed by atoms with Crippen molar-refractivity contribution < 1.29 is 13.2 Å². The van der Waals surface area contributed by atoms with Crippen LogP contribution in [0.25, 0.3) is 0 Å². The molecule has 1 atom stereocenters. The van der Waals surface area contributed by atoms with Crippen LogP contribution in [0.3, 0.4) is 0 Å². The van der Waals surface area contributed by atoms with Crippen molar-refractivity contribution in [1.82, 2.24) is 9.21 Å². The van der Waals surface area contributed by atoms with Crippen LogP contribution in [0, 0.1) is 12.8 Å². The molecule has 0 bridgehead atoms. The van der Waals surface area contributed by atoms with E-state index in [2.05, 4.69) is 10.2 Å². The molecule has 0 radical (unpaired) electrons. The largest absolute Gasteiger partial charge is 0.326 e. The maximum atomic E-state index is 12.8. The van der Waals surface area contributed by atoms with Crippen LogP contribution >= 0.6 is 0 Å². The van der Waals surface area contributed by atoms with E-state index in [4.69, 9.17) is 0 Å². The predicted octanol–water partition coefficient (Wildman–Crippen LogP) is 2.06. The normalized spacial score (nSPS) is 22.9. The molecule has 1 aromatic rings. The van der Waals surface area contributed by atoms with Crippen LogP contribution in [0.2, 0.25) is 0 Å². The van der Waals surface area contributed by atoms with Gasteiger partial charge in [0.2, 0.25) is 15.9 Å². The minimum absolute atomic E-state index is 0.0278. The van der Waals surface area contributed by atoms with E-state index in [0.29, 0.717) is 29.2 Å². The minimum atomic E-state index is -3.49. The molecule has 1 aromatic carbocycles. The Kier molecular flexibility index (Phi) is 5.46. The number of carbonyl (C=O) groups excluding carboxylic acids is 1. The third-order valence-electron chi connectivity index (χ3n) is 5.13. The van der Waals surface area contributed by atoms with Gasteiger partial charge in [-0.3, -0.25) is 4.79 Å². The summed E-state index contributed by atoms with van der Waals surface area (Å²) in [7, 11) is -1.47. The third-order valence-corrected chi connectivity index (χ3v) is 7.17. The van der Waals surface area contributed by atoms with Crippen molar-refractivity contribution in [2.24, 2.45) is 5.92 Å². The van der Waals surface area contributed by atoms with Gasteiger partial charge in [-0.2, -0.15) is 4.31 Å². The molecule has 25 heavy (non-hydrogen) atoms. The number of carbonyl (C=O) groups is 1. The predicted molar refractivity (Wildman–Crippen MR) is 98.0 cm³/mol. The monoisotopic (exact) mass is 365 g/mol. The molecule has 1 unspecified atom stereocenters. The molecular weight excluding hydrogens is 338 g/mol. The lowest BCUT2D eigenvalue weighted by Gasteiger charge is -2.28. The number of likely N-dealkylation sites (tertiary alicyclic amines) is 1. The van der Waals surface area contributed by atoms with E-state index in [9.17, 15) is 13.2 Å². The van der Waals surface area contributed by atoms with E-state index in [1.807, 2.05) is 7.05 Å². The fraction of sp³-hybridized carbons (Fsp3) is 0.611. The van der Waals surface area contributed by atoms with Gasteiger partial charge in [0.1, 0.15) is 0 Å². The number of hydrogen-bond donors (Lipinski definition) is 1. The van der Waals surface area contributed by atoms with Crippen molar-refractivity contribution >= 4 is 21.6 Å². The van der Waals surface area contributed by atoms with Gasteiger partial charge in [0.05, 0.1) is 10.8 Å². The Balaban J connectivity index is 1.78. The van der Waals surface area contributed by atoms with Crippen molar-refractivity contribution in [3.63, 3.8) is 0 Å². The zero-order chi connectivity index (χ0) is 18.0. The summed E-state index contributed by atoms with van der Waals surface area (Å²) in [6.45, 7) is 4.72. The molecule has 0 aromatic heterocycles. The highest BCUT2D eigenvalue weighted by Crippen LogP contribution is 2.27. The number of sulfonamides is 1. The molecule has 138 valence electrons. The van der Waals surface area contributed by atoms with Gasteiger partial charge in [-0.25, -0.2) is 8.42 Å².